The molecule has 2 saturated carbocycles. The molecule has 0 radical (unpaired) electrons. The lowest BCUT2D eigenvalue weighted by Crippen LogP contribution is -2.35. The fraction of sp³-hybridized carbons (Fsp3) is 0.467. The highest BCUT2D eigenvalue weighted by molar-refractivity contribution is 6.35. The molecule has 1 saturated heterocycles. The molecule has 2 amide bonds. The second-order valence-electron chi connectivity index (χ2n) is 11.0. The van der Waals surface area contributed by atoms with Gasteiger partial charge >= 0.3 is 0 Å². The molecule has 8 nitrogen and oxygen atoms in total. The van der Waals surface area contributed by atoms with Gasteiger partial charge in [-0.25, -0.2) is 4.98 Å². The molecule has 3 aromatic rings. The number of aryl methyl sites for hydroxylation is 1. The Labute approximate surface area is 234 Å². The number of carbonyl (C=O) groups is 2. The number of hydrogen-bond acceptors (Lipinski definition) is 5. The van der Waals surface area contributed by atoms with Crippen molar-refractivity contribution < 1.29 is 9.59 Å². The van der Waals surface area contributed by atoms with Crippen molar-refractivity contribution in [3.63, 3.8) is 0 Å². The first-order valence-corrected chi connectivity index (χ1v) is 14.5. The van der Waals surface area contributed by atoms with Crippen molar-refractivity contribution in [2.75, 3.05) is 25.0 Å². The van der Waals surface area contributed by atoms with Crippen LogP contribution in [0.3, 0.4) is 0 Å². The fourth-order valence-corrected chi connectivity index (χ4v) is 5.99. The van der Waals surface area contributed by atoms with Gasteiger partial charge in [-0.2, -0.15) is 0 Å². The number of amides is 2. The molecular formula is C30H35ClN6O2. The zero-order valence-electron chi connectivity index (χ0n) is 22.4. The Bertz CT molecular complexity index is 1400. The molecule has 1 aliphatic heterocycles. The van der Waals surface area contributed by atoms with Gasteiger partial charge in [-0.3, -0.25) is 24.8 Å². The van der Waals surface area contributed by atoms with E-state index >= 15 is 0 Å². The van der Waals surface area contributed by atoms with E-state index < -0.39 is 0 Å². The van der Waals surface area contributed by atoms with Gasteiger partial charge in [-0.05, 0) is 76.1 Å². The highest BCUT2D eigenvalue weighted by Crippen LogP contribution is 2.37. The average Bonchev–Trinajstić information content (AvgIpc) is 3.84. The second kappa shape index (κ2) is 11.1. The number of hydrogen-bond donors (Lipinski definition) is 1. The van der Waals surface area contributed by atoms with E-state index in [-0.39, 0.29) is 17.9 Å². The van der Waals surface area contributed by atoms with E-state index in [0.717, 1.165) is 37.0 Å². The number of carbonyl (C=O) groups excluding carboxylic acids is 2. The monoisotopic (exact) mass is 546 g/mol. The molecule has 6 rings (SSSR count). The SMILES string of the molecule is Cc1cc(C(=O)Nc2nc3cccc(Cl)c3n2C2CCCCN(C(=O)/C=C/CN(C3CC3)C3CC3)C2)ccn1. The largest absolute Gasteiger partial charge is 0.337 e. The van der Waals surface area contributed by atoms with Crippen molar-refractivity contribution in [3.8, 4) is 0 Å². The Balaban J connectivity index is 1.24. The molecule has 3 fully saturated rings. The Morgan fingerprint density at radius 3 is 2.67 bits per heavy atom. The summed E-state index contributed by atoms with van der Waals surface area (Å²) in [5, 5.41) is 3.59. The van der Waals surface area contributed by atoms with E-state index in [1.54, 1.807) is 24.4 Å². The zero-order valence-corrected chi connectivity index (χ0v) is 23.1. The van der Waals surface area contributed by atoms with Crippen LogP contribution in [0.2, 0.25) is 5.02 Å². The summed E-state index contributed by atoms with van der Waals surface area (Å²) in [6.07, 6.45) is 13.3. The van der Waals surface area contributed by atoms with Crippen LogP contribution in [0.15, 0.2) is 48.7 Å². The number of fused-ring (bicyclic) bond motifs is 1. The van der Waals surface area contributed by atoms with Crippen LogP contribution in [-0.4, -0.2) is 67.9 Å². The van der Waals surface area contributed by atoms with Crippen LogP contribution >= 0.6 is 11.6 Å². The number of anilines is 1. The Morgan fingerprint density at radius 2 is 1.92 bits per heavy atom. The first-order chi connectivity index (χ1) is 19.0. The van der Waals surface area contributed by atoms with E-state index in [2.05, 4.69) is 15.2 Å². The number of halogens is 1. The third-order valence-electron chi connectivity index (χ3n) is 7.98. The quantitative estimate of drug-likeness (QED) is 0.383. The van der Waals surface area contributed by atoms with Gasteiger partial charge in [0.05, 0.1) is 22.1 Å². The number of nitrogens with one attached hydrogen (secondary N) is 1. The summed E-state index contributed by atoms with van der Waals surface area (Å²) in [6, 6.07) is 10.4. The van der Waals surface area contributed by atoms with Crippen molar-refractivity contribution in [1.82, 2.24) is 24.3 Å². The number of nitrogens with zero attached hydrogens (tertiary/aromatic N) is 5. The Kier molecular flexibility index (Phi) is 7.40. The number of pyridine rings is 1. The van der Waals surface area contributed by atoms with Gasteiger partial charge < -0.3 is 9.47 Å². The van der Waals surface area contributed by atoms with Crippen LogP contribution in [0.1, 0.15) is 67.0 Å². The van der Waals surface area contributed by atoms with Crippen LogP contribution in [0.25, 0.3) is 11.0 Å². The minimum atomic E-state index is -0.256. The van der Waals surface area contributed by atoms with Crippen LogP contribution in [0.5, 0.6) is 0 Å². The first kappa shape index (κ1) is 26.0. The van der Waals surface area contributed by atoms with E-state index in [4.69, 9.17) is 16.6 Å². The number of benzene rings is 1. The zero-order chi connectivity index (χ0) is 26.9. The van der Waals surface area contributed by atoms with Gasteiger partial charge in [0.1, 0.15) is 0 Å². The van der Waals surface area contributed by atoms with Crippen LogP contribution < -0.4 is 5.32 Å². The highest BCUT2D eigenvalue weighted by atomic mass is 35.5. The fourth-order valence-electron chi connectivity index (χ4n) is 5.73. The van der Waals surface area contributed by atoms with Crippen molar-refractivity contribution in [2.45, 2.75) is 70.0 Å². The van der Waals surface area contributed by atoms with Crippen molar-refractivity contribution in [1.29, 1.82) is 0 Å². The molecule has 3 aliphatic rings. The maximum Gasteiger partial charge on any atom is 0.258 e. The van der Waals surface area contributed by atoms with Gasteiger partial charge in [0.25, 0.3) is 5.91 Å². The third-order valence-corrected chi connectivity index (χ3v) is 8.28. The molecule has 39 heavy (non-hydrogen) atoms. The number of para-hydroxylation sites is 1. The first-order valence-electron chi connectivity index (χ1n) is 14.1. The van der Waals surface area contributed by atoms with Gasteiger partial charge in [0, 0.05) is 55.2 Å². The molecule has 1 N–H and O–H groups in total. The molecule has 9 heteroatoms. The molecule has 1 unspecified atom stereocenters. The number of rotatable bonds is 8. The maximum atomic E-state index is 13.3. The number of likely N-dealkylation sites (tertiary alicyclic amines) is 1. The topological polar surface area (TPSA) is 83.4 Å². The predicted molar refractivity (Wildman–Crippen MR) is 153 cm³/mol. The molecule has 3 heterocycles. The van der Waals surface area contributed by atoms with Crippen molar-refractivity contribution in [3.05, 3.63) is 65.0 Å². The molecule has 0 bridgehead atoms. The summed E-state index contributed by atoms with van der Waals surface area (Å²) in [5.74, 6) is 0.229. The average molecular weight is 547 g/mol. The Hall–Kier alpha value is -3.23. The molecular weight excluding hydrogens is 512 g/mol. The lowest BCUT2D eigenvalue weighted by atomic mass is 10.1. The van der Waals surface area contributed by atoms with Crippen LogP contribution in [0, 0.1) is 6.92 Å². The van der Waals surface area contributed by atoms with Gasteiger partial charge in [-0.15, -0.1) is 0 Å². The van der Waals surface area contributed by atoms with Crippen molar-refractivity contribution in [2.24, 2.45) is 0 Å². The Morgan fingerprint density at radius 1 is 1.13 bits per heavy atom. The third kappa shape index (κ3) is 5.87. The van der Waals surface area contributed by atoms with Crippen molar-refractivity contribution >= 4 is 40.4 Å². The summed E-state index contributed by atoms with van der Waals surface area (Å²) in [4.78, 5) is 40.0. The maximum absolute atomic E-state index is 13.3. The lowest BCUT2D eigenvalue weighted by molar-refractivity contribution is -0.126. The minimum Gasteiger partial charge on any atom is -0.337 e. The van der Waals surface area contributed by atoms with E-state index in [0.29, 0.717) is 47.2 Å². The van der Waals surface area contributed by atoms with Gasteiger partial charge in [0.15, 0.2) is 0 Å². The second-order valence-corrected chi connectivity index (χ2v) is 11.5. The standard InChI is InChI=1S/C30H35ClN6O2/c1-20-18-21(14-15-32-20)29(39)34-30-33-26-8-4-7-25(31)28(26)37(30)24-6-2-3-16-35(19-24)27(38)9-5-17-36(22-10-11-22)23-12-13-23/h4-5,7-9,14-15,18,22-24H,2-3,6,10-13,16-17,19H2,1H3,(H,33,34,39)/b9-5+. The summed E-state index contributed by atoms with van der Waals surface area (Å²) in [6.45, 7) is 3.95. The molecule has 1 atom stereocenters. The minimum absolute atomic E-state index is 0.0433. The smallest absolute Gasteiger partial charge is 0.258 e. The van der Waals surface area contributed by atoms with Crippen LogP contribution in [-0.2, 0) is 4.79 Å². The summed E-state index contributed by atoms with van der Waals surface area (Å²) in [5.41, 5.74) is 2.77. The van der Waals surface area contributed by atoms with E-state index in [1.807, 2.05) is 40.7 Å². The molecule has 1 aromatic carbocycles. The molecule has 2 aromatic heterocycles. The number of aromatic nitrogens is 3. The van der Waals surface area contributed by atoms with Gasteiger partial charge in [-0.1, -0.05) is 23.7 Å². The molecule has 2 aliphatic carbocycles. The predicted octanol–water partition coefficient (Wildman–Crippen LogP) is 5.38. The van der Waals surface area contributed by atoms with Crippen LogP contribution in [0.4, 0.5) is 5.95 Å². The van der Waals surface area contributed by atoms with Gasteiger partial charge in [0.2, 0.25) is 11.9 Å². The summed E-state index contributed by atoms with van der Waals surface area (Å²) < 4.78 is 2.03. The van der Waals surface area contributed by atoms with E-state index in [1.165, 1.54) is 25.7 Å². The number of imidazole rings is 1. The highest BCUT2D eigenvalue weighted by Gasteiger charge is 2.38. The molecule has 204 valence electrons. The molecule has 0 spiro atoms. The summed E-state index contributed by atoms with van der Waals surface area (Å²) in [7, 11) is 0. The summed E-state index contributed by atoms with van der Waals surface area (Å²) >= 11 is 6.69. The normalized spacial score (nSPS) is 20.1. The van der Waals surface area contributed by atoms with E-state index in [9.17, 15) is 9.59 Å². The lowest BCUT2D eigenvalue weighted by Gasteiger charge is -2.26.